The Kier molecular flexibility index (Phi) is 4.21. The van der Waals surface area contributed by atoms with Crippen molar-refractivity contribution >= 4 is 11.8 Å². The lowest BCUT2D eigenvalue weighted by Gasteiger charge is -2.15. The molecular weight excluding hydrogens is 262 g/mol. The maximum Gasteiger partial charge on any atom is 0.314 e. The number of hydrogen-bond donors (Lipinski definition) is 1. The molecule has 0 saturated carbocycles. The van der Waals surface area contributed by atoms with Gasteiger partial charge in [-0.25, -0.2) is 4.68 Å². The quantitative estimate of drug-likeness (QED) is 0.811. The van der Waals surface area contributed by atoms with Gasteiger partial charge in [0.15, 0.2) is 0 Å². The van der Waals surface area contributed by atoms with Crippen molar-refractivity contribution in [2.24, 2.45) is 7.05 Å². The molecule has 0 bridgehead atoms. The molecule has 0 spiro atoms. The molecule has 0 aromatic carbocycles. The number of amides is 2. The lowest BCUT2D eigenvalue weighted by atomic mass is 10.1. The molecule has 1 unspecified atom stereocenters. The molecule has 2 amide bonds. The van der Waals surface area contributed by atoms with Gasteiger partial charge in [0.25, 0.3) is 5.91 Å². The molecule has 1 aliphatic rings. The monoisotopic (exact) mass is 281 g/mol. The number of ether oxygens (including phenoxy) is 1. The number of aryl methyl sites for hydroxylation is 1. The second-order valence-corrected chi connectivity index (χ2v) is 4.86. The van der Waals surface area contributed by atoms with E-state index in [-0.39, 0.29) is 29.7 Å². The fraction of sp³-hybridized carbons (Fsp3) is 0.667. The zero-order valence-corrected chi connectivity index (χ0v) is 11.9. The van der Waals surface area contributed by atoms with Crippen molar-refractivity contribution in [1.29, 1.82) is 0 Å². The number of methoxy groups -OCH3 is 1. The summed E-state index contributed by atoms with van der Waals surface area (Å²) in [5, 5.41) is 6.86. The van der Waals surface area contributed by atoms with E-state index in [1.54, 1.807) is 19.0 Å². The van der Waals surface area contributed by atoms with Gasteiger partial charge in [-0.2, -0.15) is 4.98 Å². The van der Waals surface area contributed by atoms with E-state index in [0.29, 0.717) is 19.4 Å². The van der Waals surface area contributed by atoms with Gasteiger partial charge in [-0.05, 0) is 12.8 Å². The fourth-order valence-corrected chi connectivity index (χ4v) is 2.15. The molecule has 1 fully saturated rings. The second kappa shape index (κ2) is 5.89. The minimum atomic E-state index is -0.342. The lowest BCUT2D eigenvalue weighted by molar-refractivity contribution is -0.129. The molecule has 0 radical (unpaired) electrons. The topological polar surface area (TPSA) is 89.3 Å². The molecule has 110 valence electrons. The molecule has 8 nitrogen and oxygen atoms in total. The van der Waals surface area contributed by atoms with Gasteiger partial charge in [0.1, 0.15) is 0 Å². The van der Waals surface area contributed by atoms with Crippen molar-refractivity contribution in [2.45, 2.75) is 25.3 Å². The number of aromatic nitrogens is 3. The van der Waals surface area contributed by atoms with Crippen molar-refractivity contribution in [1.82, 2.24) is 25.0 Å². The summed E-state index contributed by atoms with van der Waals surface area (Å²) in [6.07, 6.45) is 1.82. The number of carbonyl (C=O) groups is 2. The van der Waals surface area contributed by atoms with Crippen LogP contribution in [0.1, 0.15) is 29.9 Å². The van der Waals surface area contributed by atoms with Crippen molar-refractivity contribution in [2.75, 3.05) is 20.7 Å². The summed E-state index contributed by atoms with van der Waals surface area (Å²) in [6.45, 7) is 0.642. The van der Waals surface area contributed by atoms with Gasteiger partial charge >= 0.3 is 6.01 Å². The highest BCUT2D eigenvalue weighted by atomic mass is 16.5. The summed E-state index contributed by atoms with van der Waals surface area (Å²) in [7, 11) is 4.90. The first-order valence-corrected chi connectivity index (χ1v) is 6.51. The molecule has 1 atom stereocenters. The Morgan fingerprint density at radius 2 is 2.15 bits per heavy atom. The van der Waals surface area contributed by atoms with E-state index in [1.165, 1.54) is 11.8 Å². The average molecular weight is 281 g/mol. The fourth-order valence-electron chi connectivity index (χ4n) is 2.15. The van der Waals surface area contributed by atoms with E-state index in [9.17, 15) is 9.59 Å². The van der Waals surface area contributed by atoms with Crippen LogP contribution in [0.4, 0.5) is 0 Å². The van der Waals surface area contributed by atoms with E-state index >= 15 is 0 Å². The maximum atomic E-state index is 12.1. The van der Waals surface area contributed by atoms with Crippen LogP contribution < -0.4 is 10.1 Å². The molecule has 1 aromatic heterocycles. The van der Waals surface area contributed by atoms with Crippen LogP contribution in [-0.2, 0) is 11.8 Å². The van der Waals surface area contributed by atoms with Gasteiger partial charge in [-0.1, -0.05) is 0 Å². The van der Waals surface area contributed by atoms with Crippen LogP contribution in [0.25, 0.3) is 0 Å². The highest BCUT2D eigenvalue weighted by Gasteiger charge is 2.23. The van der Waals surface area contributed by atoms with Gasteiger partial charge in [0.05, 0.1) is 7.11 Å². The van der Waals surface area contributed by atoms with E-state index in [2.05, 4.69) is 15.4 Å². The van der Waals surface area contributed by atoms with Gasteiger partial charge in [0.2, 0.25) is 11.7 Å². The van der Waals surface area contributed by atoms with Crippen LogP contribution in [0.3, 0.4) is 0 Å². The summed E-state index contributed by atoms with van der Waals surface area (Å²) >= 11 is 0. The number of likely N-dealkylation sites (tertiary alicyclic amines) is 1. The maximum absolute atomic E-state index is 12.1. The molecule has 20 heavy (non-hydrogen) atoms. The zero-order chi connectivity index (χ0) is 14.7. The second-order valence-electron chi connectivity index (χ2n) is 4.86. The predicted octanol–water partition coefficient (Wildman–Crippen LogP) is -0.436. The zero-order valence-electron chi connectivity index (χ0n) is 11.9. The largest absolute Gasteiger partial charge is 0.467 e. The number of carbonyl (C=O) groups excluding carboxylic acids is 2. The van der Waals surface area contributed by atoms with Crippen molar-refractivity contribution in [3.63, 3.8) is 0 Å². The third-order valence-corrected chi connectivity index (χ3v) is 3.39. The molecule has 1 aromatic rings. The Bertz CT molecular complexity index is 513. The molecule has 1 N–H and O–H groups in total. The summed E-state index contributed by atoms with van der Waals surface area (Å²) < 4.78 is 6.37. The van der Waals surface area contributed by atoms with Crippen molar-refractivity contribution in [3.8, 4) is 6.01 Å². The molecule has 0 aliphatic carbocycles. The third kappa shape index (κ3) is 3.06. The predicted molar refractivity (Wildman–Crippen MR) is 70.3 cm³/mol. The Hall–Kier alpha value is -2.12. The first-order chi connectivity index (χ1) is 9.51. The summed E-state index contributed by atoms with van der Waals surface area (Å²) in [4.78, 5) is 29.3. The molecule has 8 heteroatoms. The van der Waals surface area contributed by atoms with Crippen LogP contribution in [0.15, 0.2) is 0 Å². The molecule has 2 heterocycles. The Morgan fingerprint density at radius 1 is 1.40 bits per heavy atom. The number of hydrogen-bond acceptors (Lipinski definition) is 5. The minimum absolute atomic E-state index is 0.0359. The normalized spacial score (nSPS) is 19.6. The SMILES string of the molecule is COc1nc(C(=O)NC2CCC(=O)N(C)CC2)nn1C. The van der Waals surface area contributed by atoms with Crippen LogP contribution in [0.2, 0.25) is 0 Å². The Morgan fingerprint density at radius 3 is 2.80 bits per heavy atom. The summed E-state index contributed by atoms with van der Waals surface area (Å²) in [5.41, 5.74) is 0. The van der Waals surface area contributed by atoms with Gasteiger partial charge in [-0.15, -0.1) is 5.10 Å². The van der Waals surface area contributed by atoms with Gasteiger partial charge in [-0.3, -0.25) is 9.59 Å². The smallest absolute Gasteiger partial charge is 0.314 e. The Labute approximate surface area is 117 Å². The van der Waals surface area contributed by atoms with E-state index in [0.717, 1.165) is 6.42 Å². The first kappa shape index (κ1) is 14.3. The lowest BCUT2D eigenvalue weighted by Crippen LogP contribution is -2.36. The molecule has 2 rings (SSSR count). The first-order valence-electron chi connectivity index (χ1n) is 6.51. The van der Waals surface area contributed by atoms with Gasteiger partial charge < -0.3 is 15.0 Å². The van der Waals surface area contributed by atoms with Crippen LogP contribution in [-0.4, -0.2) is 58.2 Å². The average Bonchev–Trinajstić information content (AvgIpc) is 2.74. The molecule has 1 aliphatic heterocycles. The molecule has 1 saturated heterocycles. The third-order valence-electron chi connectivity index (χ3n) is 3.39. The van der Waals surface area contributed by atoms with Crippen LogP contribution >= 0.6 is 0 Å². The van der Waals surface area contributed by atoms with E-state index in [1.807, 2.05) is 0 Å². The van der Waals surface area contributed by atoms with E-state index in [4.69, 9.17) is 4.74 Å². The highest BCUT2D eigenvalue weighted by molar-refractivity contribution is 5.90. The summed E-state index contributed by atoms with van der Waals surface area (Å²) in [6, 6.07) is 0.247. The van der Waals surface area contributed by atoms with Crippen LogP contribution in [0, 0.1) is 0 Å². The van der Waals surface area contributed by atoms with Crippen LogP contribution in [0.5, 0.6) is 6.01 Å². The number of rotatable bonds is 3. The van der Waals surface area contributed by atoms with Crippen molar-refractivity contribution in [3.05, 3.63) is 5.82 Å². The van der Waals surface area contributed by atoms with Gasteiger partial charge in [0, 0.05) is 33.1 Å². The number of nitrogens with zero attached hydrogens (tertiary/aromatic N) is 4. The number of nitrogens with one attached hydrogen (secondary N) is 1. The molecular formula is C12H19N5O3. The summed E-state index contributed by atoms with van der Waals surface area (Å²) in [5.74, 6) is -0.154. The Balaban J connectivity index is 1.98. The highest BCUT2D eigenvalue weighted by Crippen LogP contribution is 2.12. The van der Waals surface area contributed by atoms with E-state index < -0.39 is 0 Å². The standard InChI is InChI=1S/C12H19N5O3/c1-16-7-6-8(4-5-9(16)18)13-11(19)10-14-12(20-3)17(2)15-10/h8H,4-7H2,1-3H3,(H,13,19). The van der Waals surface area contributed by atoms with Crippen molar-refractivity contribution < 1.29 is 14.3 Å². The minimum Gasteiger partial charge on any atom is -0.467 e.